The Balaban J connectivity index is 2.01. The van der Waals surface area contributed by atoms with Gasteiger partial charge in [0.05, 0.1) is 5.25 Å². The molecule has 1 saturated carbocycles. The van der Waals surface area contributed by atoms with Gasteiger partial charge in [-0.05, 0) is 31.6 Å². The minimum atomic E-state index is -3.19. The number of sulfonamides is 1. The summed E-state index contributed by atoms with van der Waals surface area (Å²) in [6, 6.07) is 0. The highest BCUT2D eigenvalue weighted by atomic mass is 32.2. The average Bonchev–Trinajstić information content (AvgIpc) is 2.82. The van der Waals surface area contributed by atoms with E-state index in [-0.39, 0.29) is 17.6 Å². The zero-order chi connectivity index (χ0) is 13.2. The number of nitrogens with zero attached hydrogens (tertiary/aromatic N) is 1. The summed E-state index contributed by atoms with van der Waals surface area (Å²) in [5, 5.41) is 8.58. The molecule has 5 nitrogen and oxygen atoms in total. The van der Waals surface area contributed by atoms with Crippen molar-refractivity contribution in [2.75, 3.05) is 13.1 Å². The van der Waals surface area contributed by atoms with Crippen LogP contribution in [0.15, 0.2) is 0 Å². The maximum atomic E-state index is 12.4. The van der Waals surface area contributed by atoms with E-state index in [0.29, 0.717) is 13.1 Å². The second-order valence-corrected chi connectivity index (χ2v) is 7.63. The Labute approximate surface area is 108 Å². The largest absolute Gasteiger partial charge is 0.481 e. The molecule has 0 bridgehead atoms. The lowest BCUT2D eigenvalue weighted by Gasteiger charge is -2.33. The predicted octanol–water partition coefficient (Wildman–Crippen LogP) is 1.45. The molecule has 1 heterocycles. The molecule has 6 heteroatoms. The second-order valence-electron chi connectivity index (χ2n) is 5.42. The Morgan fingerprint density at radius 2 is 1.83 bits per heavy atom. The first kappa shape index (κ1) is 13.8. The van der Waals surface area contributed by atoms with Crippen LogP contribution in [0.3, 0.4) is 0 Å². The Hall–Kier alpha value is -0.620. The molecular formula is C12H21NO4S. The molecule has 2 fully saturated rings. The quantitative estimate of drug-likeness (QED) is 0.842. The van der Waals surface area contributed by atoms with Gasteiger partial charge < -0.3 is 5.11 Å². The van der Waals surface area contributed by atoms with E-state index in [1.807, 2.05) is 0 Å². The molecule has 0 aromatic heterocycles. The fraction of sp³-hybridized carbons (Fsp3) is 0.917. The van der Waals surface area contributed by atoms with Crippen LogP contribution in [0.25, 0.3) is 0 Å². The van der Waals surface area contributed by atoms with Crippen molar-refractivity contribution >= 4 is 16.0 Å². The molecule has 0 aromatic carbocycles. The lowest BCUT2D eigenvalue weighted by Crippen LogP contribution is -2.44. The molecule has 1 atom stereocenters. The molecule has 2 aliphatic rings. The smallest absolute Gasteiger partial charge is 0.303 e. The highest BCUT2D eigenvalue weighted by Crippen LogP contribution is 2.30. The van der Waals surface area contributed by atoms with Gasteiger partial charge in [0.2, 0.25) is 10.0 Å². The Kier molecular flexibility index (Phi) is 4.27. The summed E-state index contributed by atoms with van der Waals surface area (Å²) in [6.07, 6.45) is 5.21. The molecule has 1 aliphatic heterocycles. The monoisotopic (exact) mass is 275 g/mol. The van der Waals surface area contributed by atoms with Crippen LogP contribution >= 0.6 is 0 Å². The molecule has 1 aliphatic carbocycles. The second kappa shape index (κ2) is 5.57. The van der Waals surface area contributed by atoms with Crippen molar-refractivity contribution in [3.63, 3.8) is 0 Å². The molecule has 0 amide bonds. The minimum Gasteiger partial charge on any atom is -0.481 e. The van der Waals surface area contributed by atoms with E-state index in [1.54, 1.807) is 4.31 Å². The first-order valence-corrected chi connectivity index (χ1v) is 8.21. The lowest BCUT2D eigenvalue weighted by atomic mass is 9.96. The Morgan fingerprint density at radius 3 is 2.44 bits per heavy atom. The van der Waals surface area contributed by atoms with Gasteiger partial charge in [-0.3, -0.25) is 4.79 Å². The first-order chi connectivity index (χ1) is 8.50. The molecule has 1 unspecified atom stereocenters. The van der Waals surface area contributed by atoms with Gasteiger partial charge in [0.1, 0.15) is 0 Å². The van der Waals surface area contributed by atoms with Crippen molar-refractivity contribution in [3.05, 3.63) is 0 Å². The molecule has 2 rings (SSSR count). The summed E-state index contributed by atoms with van der Waals surface area (Å²) in [6.45, 7) is 0.958. The van der Waals surface area contributed by atoms with Crippen LogP contribution in [-0.4, -0.2) is 42.1 Å². The van der Waals surface area contributed by atoms with E-state index in [2.05, 4.69) is 0 Å². The Morgan fingerprint density at radius 1 is 1.17 bits per heavy atom. The summed E-state index contributed by atoms with van der Waals surface area (Å²) in [5.41, 5.74) is 0. The van der Waals surface area contributed by atoms with Crippen LogP contribution in [0.4, 0.5) is 0 Å². The predicted molar refractivity (Wildman–Crippen MR) is 67.7 cm³/mol. The summed E-state index contributed by atoms with van der Waals surface area (Å²) in [5.74, 6) is -0.854. The van der Waals surface area contributed by atoms with Crippen molar-refractivity contribution in [3.8, 4) is 0 Å². The van der Waals surface area contributed by atoms with Gasteiger partial charge >= 0.3 is 5.97 Å². The van der Waals surface area contributed by atoms with Crippen molar-refractivity contribution < 1.29 is 18.3 Å². The van der Waals surface area contributed by atoms with Gasteiger partial charge in [-0.1, -0.05) is 12.8 Å². The van der Waals surface area contributed by atoms with Crippen LogP contribution in [0, 0.1) is 5.92 Å². The number of carboxylic acids is 1. The topological polar surface area (TPSA) is 74.7 Å². The molecule has 0 aromatic rings. The number of aliphatic carboxylic acids is 1. The van der Waals surface area contributed by atoms with Gasteiger partial charge in [0.25, 0.3) is 0 Å². The van der Waals surface area contributed by atoms with Gasteiger partial charge in [-0.15, -0.1) is 0 Å². The summed E-state index contributed by atoms with van der Waals surface area (Å²) in [4.78, 5) is 10.7. The normalized spacial score (nSPS) is 27.4. The number of rotatable bonds is 4. The maximum absolute atomic E-state index is 12.4. The SMILES string of the molecule is O=C(O)CC1CCCN(S(=O)(=O)C2CCCC2)C1. The minimum absolute atomic E-state index is 0.0209. The van der Waals surface area contributed by atoms with Crippen molar-refractivity contribution in [2.24, 2.45) is 5.92 Å². The summed E-state index contributed by atoms with van der Waals surface area (Å²) >= 11 is 0. The van der Waals surface area contributed by atoms with Crippen LogP contribution in [0.5, 0.6) is 0 Å². The standard InChI is InChI=1S/C12H21NO4S/c14-12(15)8-10-4-3-7-13(9-10)18(16,17)11-5-1-2-6-11/h10-11H,1-9H2,(H,14,15). The van der Waals surface area contributed by atoms with Crippen molar-refractivity contribution in [1.29, 1.82) is 0 Å². The highest BCUT2D eigenvalue weighted by Gasteiger charge is 2.36. The Bertz CT molecular complexity index is 400. The number of carbonyl (C=O) groups is 1. The molecule has 18 heavy (non-hydrogen) atoms. The highest BCUT2D eigenvalue weighted by molar-refractivity contribution is 7.89. The van der Waals surface area contributed by atoms with Crippen LogP contribution in [0.1, 0.15) is 44.9 Å². The van der Waals surface area contributed by atoms with E-state index in [1.165, 1.54) is 0 Å². The lowest BCUT2D eigenvalue weighted by molar-refractivity contribution is -0.138. The van der Waals surface area contributed by atoms with E-state index in [0.717, 1.165) is 38.5 Å². The summed E-state index contributed by atoms with van der Waals surface area (Å²) in [7, 11) is -3.19. The fourth-order valence-electron chi connectivity index (χ4n) is 3.07. The molecule has 1 N–H and O–H groups in total. The number of hydrogen-bond acceptors (Lipinski definition) is 3. The number of piperidine rings is 1. The van der Waals surface area contributed by atoms with E-state index in [9.17, 15) is 13.2 Å². The van der Waals surface area contributed by atoms with Gasteiger partial charge in [-0.25, -0.2) is 12.7 Å². The van der Waals surface area contributed by atoms with Gasteiger partial charge in [0.15, 0.2) is 0 Å². The molecule has 0 spiro atoms. The zero-order valence-electron chi connectivity index (χ0n) is 10.5. The van der Waals surface area contributed by atoms with Crippen LogP contribution in [0.2, 0.25) is 0 Å². The first-order valence-electron chi connectivity index (χ1n) is 6.71. The third-order valence-corrected chi connectivity index (χ3v) is 6.39. The molecular weight excluding hydrogens is 254 g/mol. The van der Waals surface area contributed by atoms with Crippen molar-refractivity contribution in [1.82, 2.24) is 4.31 Å². The molecule has 104 valence electrons. The average molecular weight is 275 g/mol. The van der Waals surface area contributed by atoms with E-state index >= 15 is 0 Å². The van der Waals surface area contributed by atoms with Crippen molar-refractivity contribution in [2.45, 2.75) is 50.2 Å². The summed E-state index contributed by atoms with van der Waals surface area (Å²) < 4.78 is 26.3. The third kappa shape index (κ3) is 3.03. The van der Waals surface area contributed by atoms with Crippen LogP contribution < -0.4 is 0 Å². The molecule has 1 saturated heterocycles. The zero-order valence-corrected chi connectivity index (χ0v) is 11.4. The number of hydrogen-bond donors (Lipinski definition) is 1. The molecule has 0 radical (unpaired) electrons. The maximum Gasteiger partial charge on any atom is 0.303 e. The van der Waals surface area contributed by atoms with Gasteiger partial charge in [-0.2, -0.15) is 0 Å². The fourth-order valence-corrected chi connectivity index (χ4v) is 5.22. The third-order valence-electron chi connectivity index (χ3n) is 4.03. The van der Waals surface area contributed by atoms with E-state index < -0.39 is 16.0 Å². The van der Waals surface area contributed by atoms with Gasteiger partial charge in [0, 0.05) is 19.5 Å². The van der Waals surface area contributed by atoms with Crippen LogP contribution in [-0.2, 0) is 14.8 Å². The van der Waals surface area contributed by atoms with E-state index in [4.69, 9.17) is 5.11 Å². The number of carboxylic acid groups (broad SMARTS) is 1.